The van der Waals surface area contributed by atoms with Crippen molar-refractivity contribution >= 4 is 34.2 Å². The summed E-state index contributed by atoms with van der Waals surface area (Å²) in [7, 11) is 0. The number of halogens is 1. The van der Waals surface area contributed by atoms with Crippen LogP contribution in [-0.4, -0.2) is 9.97 Å². The lowest BCUT2D eigenvalue weighted by Gasteiger charge is -2.01. The second kappa shape index (κ2) is 6.95. The summed E-state index contributed by atoms with van der Waals surface area (Å²) < 4.78 is 0. The molecule has 3 aromatic rings. The first-order valence-corrected chi connectivity index (χ1v) is 7.58. The van der Waals surface area contributed by atoms with Gasteiger partial charge in [0.05, 0.1) is 16.5 Å². The van der Waals surface area contributed by atoms with E-state index < -0.39 is 0 Å². The lowest BCUT2D eigenvalue weighted by atomic mass is 10.2. The van der Waals surface area contributed by atoms with Crippen molar-refractivity contribution in [3.05, 3.63) is 87.4 Å². The van der Waals surface area contributed by atoms with Gasteiger partial charge in [0, 0.05) is 5.02 Å². The zero-order chi connectivity index (χ0) is 16.9. The molecule has 116 valence electrons. The van der Waals surface area contributed by atoms with Crippen molar-refractivity contribution < 1.29 is 0 Å². The number of allylic oxidation sites excluding steroid dienone is 3. The number of hydrogen-bond donors (Lipinski definition) is 1. The largest absolute Gasteiger partial charge is 0.305 e. The van der Waals surface area contributed by atoms with Crippen LogP contribution in [0, 0.1) is 11.3 Å². The maximum Gasteiger partial charge on any atom is 0.259 e. The Morgan fingerprint density at radius 3 is 2.75 bits per heavy atom. The third kappa shape index (κ3) is 3.43. The van der Waals surface area contributed by atoms with Crippen molar-refractivity contribution in [3.8, 4) is 6.07 Å². The van der Waals surface area contributed by atoms with E-state index >= 15 is 0 Å². The number of aromatic nitrogens is 2. The summed E-state index contributed by atoms with van der Waals surface area (Å²) in [4.78, 5) is 19.1. The second-order valence-corrected chi connectivity index (χ2v) is 5.47. The Balaban J connectivity index is 1.99. The molecule has 0 saturated carbocycles. The molecule has 1 aromatic heterocycles. The van der Waals surface area contributed by atoms with Crippen LogP contribution in [0.3, 0.4) is 0 Å². The van der Waals surface area contributed by atoms with E-state index in [1.165, 1.54) is 0 Å². The van der Waals surface area contributed by atoms with Crippen LogP contribution >= 0.6 is 11.6 Å². The number of hydrogen-bond acceptors (Lipinski definition) is 3. The van der Waals surface area contributed by atoms with Gasteiger partial charge in [-0.1, -0.05) is 54.1 Å². The molecule has 2 aromatic carbocycles. The fourth-order valence-electron chi connectivity index (χ4n) is 2.23. The van der Waals surface area contributed by atoms with Gasteiger partial charge in [0.25, 0.3) is 5.56 Å². The van der Waals surface area contributed by atoms with Gasteiger partial charge in [-0.2, -0.15) is 5.26 Å². The molecular weight excluding hydrogens is 322 g/mol. The van der Waals surface area contributed by atoms with Crippen LogP contribution in [0.5, 0.6) is 0 Å². The Labute approximate surface area is 143 Å². The van der Waals surface area contributed by atoms with Crippen LogP contribution in [0.25, 0.3) is 22.6 Å². The Morgan fingerprint density at radius 1 is 1.21 bits per heavy atom. The van der Waals surface area contributed by atoms with Crippen molar-refractivity contribution in [2.75, 3.05) is 0 Å². The van der Waals surface area contributed by atoms with E-state index in [9.17, 15) is 10.1 Å². The van der Waals surface area contributed by atoms with Gasteiger partial charge >= 0.3 is 0 Å². The SMILES string of the molecule is N#C/C(=C\C=C/c1ccccc1)c1nc2ccc(Cl)cc2c(=O)[nH]1. The number of rotatable bonds is 3. The van der Waals surface area contributed by atoms with Gasteiger partial charge in [-0.3, -0.25) is 4.79 Å². The molecule has 0 spiro atoms. The van der Waals surface area contributed by atoms with Gasteiger partial charge in [0.1, 0.15) is 6.07 Å². The maximum atomic E-state index is 12.2. The predicted molar refractivity (Wildman–Crippen MR) is 96.4 cm³/mol. The third-order valence-corrected chi connectivity index (χ3v) is 3.63. The fourth-order valence-corrected chi connectivity index (χ4v) is 2.40. The van der Waals surface area contributed by atoms with Crippen molar-refractivity contribution in [2.24, 2.45) is 0 Å². The monoisotopic (exact) mass is 333 g/mol. The minimum absolute atomic E-state index is 0.232. The Hall–Kier alpha value is -3.16. The minimum Gasteiger partial charge on any atom is -0.305 e. The number of aromatic amines is 1. The topological polar surface area (TPSA) is 69.5 Å². The number of benzene rings is 2. The number of nitriles is 1. The first-order valence-electron chi connectivity index (χ1n) is 7.21. The molecule has 0 aliphatic carbocycles. The highest BCUT2D eigenvalue weighted by atomic mass is 35.5. The summed E-state index contributed by atoms with van der Waals surface area (Å²) in [6.07, 6.45) is 5.24. The molecule has 0 aliphatic heterocycles. The highest BCUT2D eigenvalue weighted by Gasteiger charge is 2.07. The fraction of sp³-hybridized carbons (Fsp3) is 0. The van der Waals surface area contributed by atoms with E-state index in [4.69, 9.17) is 11.6 Å². The van der Waals surface area contributed by atoms with E-state index in [1.54, 1.807) is 30.4 Å². The molecule has 1 N–H and O–H groups in total. The Bertz CT molecular complexity index is 1040. The first kappa shape index (κ1) is 15.7. The molecule has 24 heavy (non-hydrogen) atoms. The summed E-state index contributed by atoms with van der Waals surface area (Å²) in [5, 5.41) is 10.2. The molecule has 4 nitrogen and oxygen atoms in total. The van der Waals surface area contributed by atoms with Gasteiger partial charge in [-0.25, -0.2) is 4.98 Å². The zero-order valence-electron chi connectivity index (χ0n) is 12.5. The van der Waals surface area contributed by atoms with Crippen molar-refractivity contribution in [1.82, 2.24) is 9.97 Å². The van der Waals surface area contributed by atoms with Crippen LogP contribution in [0.4, 0.5) is 0 Å². The summed E-state index contributed by atoms with van der Waals surface area (Å²) in [5.74, 6) is 0.232. The average Bonchev–Trinajstić information content (AvgIpc) is 2.60. The van der Waals surface area contributed by atoms with E-state index in [1.807, 2.05) is 36.4 Å². The van der Waals surface area contributed by atoms with E-state index in [0.717, 1.165) is 5.56 Å². The van der Waals surface area contributed by atoms with Crippen molar-refractivity contribution in [2.45, 2.75) is 0 Å². The molecule has 0 saturated heterocycles. The van der Waals surface area contributed by atoms with Crippen LogP contribution < -0.4 is 5.56 Å². The first-order chi connectivity index (χ1) is 11.7. The number of fused-ring (bicyclic) bond motifs is 1. The number of H-pyrrole nitrogens is 1. The zero-order valence-corrected chi connectivity index (χ0v) is 13.3. The Morgan fingerprint density at radius 2 is 2.00 bits per heavy atom. The smallest absolute Gasteiger partial charge is 0.259 e. The number of nitrogens with one attached hydrogen (secondary N) is 1. The maximum absolute atomic E-state index is 12.2. The predicted octanol–water partition coefficient (Wildman–Crippen LogP) is 4.20. The summed E-state index contributed by atoms with van der Waals surface area (Å²) in [6.45, 7) is 0. The molecule has 0 bridgehead atoms. The molecule has 0 radical (unpaired) electrons. The van der Waals surface area contributed by atoms with Crippen LogP contribution in [0.1, 0.15) is 11.4 Å². The van der Waals surface area contributed by atoms with Crippen molar-refractivity contribution in [1.29, 1.82) is 5.26 Å². The van der Waals surface area contributed by atoms with E-state index in [-0.39, 0.29) is 17.0 Å². The minimum atomic E-state index is -0.328. The molecular formula is C19H12ClN3O. The molecule has 3 rings (SSSR count). The van der Waals surface area contributed by atoms with Gasteiger partial charge in [0.15, 0.2) is 5.82 Å². The van der Waals surface area contributed by atoms with Crippen LogP contribution in [0.15, 0.2) is 65.5 Å². The quantitative estimate of drug-likeness (QED) is 0.577. The lowest BCUT2D eigenvalue weighted by Crippen LogP contribution is -2.11. The average molecular weight is 334 g/mol. The summed E-state index contributed by atoms with van der Waals surface area (Å²) in [6, 6.07) is 16.6. The van der Waals surface area contributed by atoms with Gasteiger partial charge < -0.3 is 4.98 Å². The standard InChI is InChI=1S/C19H12ClN3O/c20-15-9-10-17-16(11-15)19(24)23-18(22-17)14(12-21)8-4-7-13-5-2-1-3-6-13/h1-11H,(H,22,23,24)/b7-4-,14-8+. The molecule has 1 heterocycles. The van der Waals surface area contributed by atoms with E-state index in [2.05, 4.69) is 16.0 Å². The summed E-state index contributed by atoms with van der Waals surface area (Å²) >= 11 is 5.89. The normalized spacial score (nSPS) is 11.8. The van der Waals surface area contributed by atoms with Gasteiger partial charge in [0.2, 0.25) is 0 Å². The molecule has 0 amide bonds. The van der Waals surface area contributed by atoms with E-state index in [0.29, 0.717) is 15.9 Å². The third-order valence-electron chi connectivity index (χ3n) is 3.39. The highest BCUT2D eigenvalue weighted by molar-refractivity contribution is 6.31. The Kier molecular flexibility index (Phi) is 4.55. The highest BCUT2D eigenvalue weighted by Crippen LogP contribution is 2.16. The van der Waals surface area contributed by atoms with Crippen LogP contribution in [0.2, 0.25) is 5.02 Å². The lowest BCUT2D eigenvalue weighted by molar-refractivity contribution is 1.13. The summed E-state index contributed by atoms with van der Waals surface area (Å²) in [5.41, 5.74) is 1.45. The molecule has 0 fully saturated rings. The molecule has 0 unspecified atom stereocenters. The molecule has 0 atom stereocenters. The second-order valence-electron chi connectivity index (χ2n) is 5.04. The van der Waals surface area contributed by atoms with Crippen molar-refractivity contribution in [3.63, 3.8) is 0 Å². The van der Waals surface area contributed by atoms with Gasteiger partial charge in [-0.05, 0) is 29.8 Å². The van der Waals surface area contributed by atoms with Crippen LogP contribution in [-0.2, 0) is 0 Å². The number of nitrogens with zero attached hydrogens (tertiary/aromatic N) is 2. The van der Waals surface area contributed by atoms with Gasteiger partial charge in [-0.15, -0.1) is 0 Å². The molecule has 0 aliphatic rings. The molecule has 5 heteroatoms.